The summed E-state index contributed by atoms with van der Waals surface area (Å²) < 4.78 is 1.88. The maximum atomic E-state index is 12.4. The molecule has 1 saturated heterocycles. The first-order valence-electron chi connectivity index (χ1n) is 10.6. The molecule has 10 heteroatoms. The number of fused-ring (bicyclic) bond motifs is 1. The number of carbonyl (C=O) groups excluding carboxylic acids is 1. The van der Waals surface area contributed by atoms with Crippen molar-refractivity contribution in [3.05, 3.63) is 54.5 Å². The number of H-pyrrole nitrogens is 1. The van der Waals surface area contributed by atoms with Crippen LogP contribution in [0.25, 0.3) is 5.65 Å². The molecule has 0 bridgehead atoms. The van der Waals surface area contributed by atoms with E-state index < -0.39 is 0 Å². The zero-order valence-electron chi connectivity index (χ0n) is 17.6. The molecule has 1 aliphatic rings. The molecule has 1 aromatic carbocycles. The topological polar surface area (TPSA) is 112 Å². The average Bonchev–Trinajstić information content (AvgIpc) is 3.44. The van der Waals surface area contributed by atoms with Crippen molar-refractivity contribution < 1.29 is 4.79 Å². The van der Waals surface area contributed by atoms with Crippen molar-refractivity contribution >= 4 is 40.8 Å². The Balaban J connectivity index is 1.30. The highest BCUT2D eigenvalue weighted by Crippen LogP contribution is 2.30. The van der Waals surface area contributed by atoms with Gasteiger partial charge in [-0.05, 0) is 50.6 Å². The fraction of sp³-hybridized carbons (Fsp3) is 0.273. The summed E-state index contributed by atoms with van der Waals surface area (Å²) in [5.41, 5.74) is 2.56. The number of piperidine rings is 1. The van der Waals surface area contributed by atoms with Crippen LogP contribution in [0.3, 0.4) is 0 Å². The number of hydrogen-bond acceptors (Lipinski definition) is 7. The van der Waals surface area contributed by atoms with E-state index in [1.807, 2.05) is 53.9 Å². The number of hydrogen-bond donors (Lipinski definition) is 4. The summed E-state index contributed by atoms with van der Waals surface area (Å²) in [4.78, 5) is 22.6. The van der Waals surface area contributed by atoms with Crippen molar-refractivity contribution in [3.8, 4) is 0 Å². The average molecular weight is 449 g/mol. The highest BCUT2D eigenvalue weighted by atomic mass is 32.2. The molecule has 3 aromatic heterocycles. The second-order valence-corrected chi connectivity index (χ2v) is 8.89. The van der Waals surface area contributed by atoms with E-state index in [1.54, 1.807) is 6.20 Å². The molecule has 1 amide bonds. The first kappa shape index (κ1) is 20.5. The lowest BCUT2D eigenvalue weighted by molar-refractivity contribution is -0.120. The first-order chi connectivity index (χ1) is 15.6. The lowest BCUT2D eigenvalue weighted by Crippen LogP contribution is -2.37. The Morgan fingerprint density at radius 2 is 2.12 bits per heavy atom. The van der Waals surface area contributed by atoms with Crippen LogP contribution in [0, 0.1) is 12.8 Å². The number of nitrogens with one attached hydrogen (secondary N) is 4. The number of benzene rings is 1. The second-order valence-electron chi connectivity index (χ2n) is 7.79. The van der Waals surface area contributed by atoms with Crippen LogP contribution in [-0.4, -0.2) is 43.6 Å². The minimum Gasteiger partial charge on any atom is -0.326 e. The SMILES string of the molecule is Cc1cc(Nc2nc(Sc3ccc(NC(=O)C4CCCNC4)cc3)cc3nccn23)n[nH]1. The third kappa shape index (κ3) is 4.61. The van der Waals surface area contributed by atoms with Gasteiger partial charge in [0.1, 0.15) is 10.7 Å². The summed E-state index contributed by atoms with van der Waals surface area (Å²) in [6.07, 6.45) is 5.57. The van der Waals surface area contributed by atoms with Crippen molar-refractivity contribution in [3.63, 3.8) is 0 Å². The molecule has 1 fully saturated rings. The zero-order valence-corrected chi connectivity index (χ0v) is 18.4. The molecule has 0 saturated carbocycles. The lowest BCUT2D eigenvalue weighted by atomic mass is 9.99. The standard InChI is InChI=1S/C22H24N8OS/c1-14-11-18(29-28-14)26-22-27-20(12-19-24-9-10-30(19)22)32-17-6-4-16(5-7-17)25-21(31)15-3-2-8-23-13-15/h4-7,9-12,15,23H,2-3,8,13H2,1H3,(H,25,31)(H2,26,27,28,29). The summed E-state index contributed by atoms with van der Waals surface area (Å²) in [7, 11) is 0. The molecule has 9 nitrogen and oxygen atoms in total. The minimum absolute atomic E-state index is 0.0347. The Hall–Kier alpha value is -3.37. The molecule has 1 atom stereocenters. The highest BCUT2D eigenvalue weighted by molar-refractivity contribution is 7.99. The summed E-state index contributed by atoms with van der Waals surface area (Å²) in [6, 6.07) is 11.7. The van der Waals surface area contributed by atoms with Crippen LogP contribution in [0.1, 0.15) is 18.5 Å². The van der Waals surface area contributed by atoms with Gasteiger partial charge in [-0.1, -0.05) is 11.8 Å². The van der Waals surface area contributed by atoms with Crippen LogP contribution < -0.4 is 16.0 Å². The van der Waals surface area contributed by atoms with E-state index in [9.17, 15) is 4.79 Å². The van der Waals surface area contributed by atoms with Gasteiger partial charge in [-0.15, -0.1) is 0 Å². The van der Waals surface area contributed by atoms with E-state index in [1.165, 1.54) is 11.8 Å². The van der Waals surface area contributed by atoms with Crippen LogP contribution in [0.15, 0.2) is 58.7 Å². The first-order valence-corrected chi connectivity index (χ1v) is 11.4. The predicted molar refractivity (Wildman–Crippen MR) is 124 cm³/mol. The molecule has 4 aromatic rings. The number of anilines is 3. The van der Waals surface area contributed by atoms with Gasteiger partial charge >= 0.3 is 0 Å². The second kappa shape index (κ2) is 9.01. The van der Waals surface area contributed by atoms with E-state index in [0.29, 0.717) is 11.8 Å². The summed E-state index contributed by atoms with van der Waals surface area (Å²) in [5, 5.41) is 17.5. The molecular weight excluding hydrogens is 424 g/mol. The van der Waals surface area contributed by atoms with Gasteiger partial charge in [0.25, 0.3) is 0 Å². The lowest BCUT2D eigenvalue weighted by Gasteiger charge is -2.21. The maximum Gasteiger partial charge on any atom is 0.228 e. The monoisotopic (exact) mass is 448 g/mol. The van der Waals surface area contributed by atoms with Crippen LogP contribution in [0.2, 0.25) is 0 Å². The number of aromatic nitrogens is 5. The van der Waals surface area contributed by atoms with Crippen LogP contribution in [0.5, 0.6) is 0 Å². The van der Waals surface area contributed by atoms with Gasteiger partial charge in [-0.3, -0.25) is 14.3 Å². The number of amides is 1. The third-order valence-corrected chi connectivity index (χ3v) is 6.25. The molecule has 164 valence electrons. The highest BCUT2D eigenvalue weighted by Gasteiger charge is 2.20. The van der Waals surface area contributed by atoms with Crippen LogP contribution >= 0.6 is 11.8 Å². The van der Waals surface area contributed by atoms with Gasteiger partial charge in [0.15, 0.2) is 5.82 Å². The fourth-order valence-electron chi connectivity index (χ4n) is 3.69. The van der Waals surface area contributed by atoms with Gasteiger partial charge in [-0.25, -0.2) is 9.97 Å². The van der Waals surface area contributed by atoms with E-state index in [-0.39, 0.29) is 11.8 Å². The number of imidazole rings is 1. The van der Waals surface area contributed by atoms with Gasteiger partial charge in [0.05, 0.1) is 5.92 Å². The predicted octanol–water partition coefficient (Wildman–Crippen LogP) is 3.59. The number of aromatic amines is 1. The molecular formula is C22H24N8OS. The molecule has 32 heavy (non-hydrogen) atoms. The molecule has 0 aliphatic carbocycles. The Bertz CT molecular complexity index is 1230. The van der Waals surface area contributed by atoms with E-state index in [4.69, 9.17) is 4.98 Å². The van der Waals surface area contributed by atoms with Gasteiger partial charge < -0.3 is 16.0 Å². The number of aryl methyl sites for hydroxylation is 1. The molecule has 0 spiro atoms. The number of rotatable bonds is 6. The Kier molecular flexibility index (Phi) is 5.78. The Morgan fingerprint density at radius 1 is 1.25 bits per heavy atom. The quantitative estimate of drug-likeness (QED) is 0.334. The number of carbonyl (C=O) groups is 1. The summed E-state index contributed by atoms with van der Waals surface area (Å²) in [6.45, 7) is 3.69. The van der Waals surface area contributed by atoms with Crippen molar-refractivity contribution in [1.29, 1.82) is 0 Å². The Morgan fingerprint density at radius 3 is 2.88 bits per heavy atom. The summed E-state index contributed by atoms with van der Waals surface area (Å²) >= 11 is 1.54. The van der Waals surface area contributed by atoms with Gasteiger partial charge in [0.2, 0.25) is 11.9 Å². The zero-order chi connectivity index (χ0) is 21.9. The maximum absolute atomic E-state index is 12.4. The van der Waals surface area contributed by atoms with Crippen molar-refractivity contribution in [1.82, 2.24) is 29.9 Å². The van der Waals surface area contributed by atoms with Crippen LogP contribution in [-0.2, 0) is 4.79 Å². The molecule has 4 N–H and O–H groups in total. The molecule has 5 rings (SSSR count). The van der Waals surface area contributed by atoms with Gasteiger partial charge in [0, 0.05) is 47.3 Å². The Labute approximate surface area is 189 Å². The molecule has 1 unspecified atom stereocenters. The van der Waals surface area contributed by atoms with E-state index in [0.717, 1.165) is 52.9 Å². The van der Waals surface area contributed by atoms with Crippen molar-refractivity contribution in [2.45, 2.75) is 29.7 Å². The number of nitrogens with zero attached hydrogens (tertiary/aromatic N) is 4. The van der Waals surface area contributed by atoms with E-state index >= 15 is 0 Å². The normalized spacial score (nSPS) is 16.2. The van der Waals surface area contributed by atoms with Crippen molar-refractivity contribution in [2.24, 2.45) is 5.92 Å². The van der Waals surface area contributed by atoms with E-state index in [2.05, 4.69) is 31.1 Å². The van der Waals surface area contributed by atoms with Gasteiger partial charge in [-0.2, -0.15) is 5.10 Å². The van der Waals surface area contributed by atoms with Crippen LogP contribution in [0.4, 0.5) is 17.5 Å². The molecule has 0 radical (unpaired) electrons. The minimum atomic E-state index is 0.0347. The largest absolute Gasteiger partial charge is 0.326 e. The summed E-state index contributed by atoms with van der Waals surface area (Å²) in [5.74, 6) is 1.44. The molecule has 4 heterocycles. The van der Waals surface area contributed by atoms with Crippen molar-refractivity contribution in [2.75, 3.05) is 23.7 Å². The smallest absolute Gasteiger partial charge is 0.228 e. The fourth-order valence-corrected chi connectivity index (χ4v) is 4.50. The molecule has 1 aliphatic heterocycles. The third-order valence-electron chi connectivity index (χ3n) is 5.32.